The van der Waals surface area contributed by atoms with E-state index in [1.54, 1.807) is 10.9 Å². The first-order valence-corrected chi connectivity index (χ1v) is 7.72. The average molecular weight is 316 g/mol. The van der Waals surface area contributed by atoms with Crippen molar-refractivity contribution in [3.8, 4) is 5.69 Å². The van der Waals surface area contributed by atoms with Gasteiger partial charge in [-0.05, 0) is 35.6 Å². The molecule has 2 rings (SSSR count). The van der Waals surface area contributed by atoms with Gasteiger partial charge in [0.05, 0.1) is 5.69 Å². The maximum Gasteiger partial charge on any atom is 0.315 e. The fraction of sp³-hybridized carbons (Fsp3) is 0.412. The van der Waals surface area contributed by atoms with Crippen LogP contribution in [0.1, 0.15) is 25.8 Å². The maximum absolute atomic E-state index is 11.8. The second-order valence-corrected chi connectivity index (χ2v) is 6.29. The van der Waals surface area contributed by atoms with E-state index in [2.05, 4.69) is 15.7 Å². The maximum atomic E-state index is 11.8. The van der Waals surface area contributed by atoms with Crippen LogP contribution in [0.25, 0.3) is 5.69 Å². The predicted octanol–water partition coefficient (Wildman–Crippen LogP) is 2.08. The number of rotatable bonds is 7. The van der Waals surface area contributed by atoms with Crippen LogP contribution in [0.15, 0.2) is 42.7 Å². The molecule has 0 aliphatic rings. The zero-order valence-corrected chi connectivity index (χ0v) is 13.6. The Kier molecular flexibility index (Phi) is 5.76. The van der Waals surface area contributed by atoms with Crippen LogP contribution in [0, 0.1) is 5.41 Å². The molecular formula is C17H24N4O2. The lowest BCUT2D eigenvalue weighted by atomic mass is 9.90. The van der Waals surface area contributed by atoms with Crippen molar-refractivity contribution in [2.24, 2.45) is 5.41 Å². The van der Waals surface area contributed by atoms with Gasteiger partial charge in [0.15, 0.2) is 0 Å². The molecule has 2 aromatic rings. The van der Waals surface area contributed by atoms with Crippen LogP contribution in [-0.4, -0.2) is 34.1 Å². The molecule has 3 N–H and O–H groups in total. The van der Waals surface area contributed by atoms with Gasteiger partial charge in [0.2, 0.25) is 0 Å². The third kappa shape index (κ3) is 5.41. The summed E-state index contributed by atoms with van der Waals surface area (Å²) < 4.78 is 1.78. The number of hydrogen-bond donors (Lipinski definition) is 3. The lowest BCUT2D eigenvalue weighted by molar-refractivity contribution is 0.201. The van der Waals surface area contributed by atoms with E-state index in [1.165, 1.54) is 0 Å². The van der Waals surface area contributed by atoms with Crippen molar-refractivity contribution in [3.05, 3.63) is 48.3 Å². The van der Waals surface area contributed by atoms with E-state index in [4.69, 9.17) is 5.11 Å². The van der Waals surface area contributed by atoms with Crippen molar-refractivity contribution in [2.75, 3.05) is 13.2 Å². The van der Waals surface area contributed by atoms with Crippen molar-refractivity contribution in [2.45, 2.75) is 26.8 Å². The number of hydrogen-bond acceptors (Lipinski definition) is 3. The highest BCUT2D eigenvalue weighted by Crippen LogP contribution is 2.17. The van der Waals surface area contributed by atoms with Crippen LogP contribution < -0.4 is 10.6 Å². The van der Waals surface area contributed by atoms with Crippen molar-refractivity contribution in [1.82, 2.24) is 20.4 Å². The largest absolute Gasteiger partial charge is 0.396 e. The van der Waals surface area contributed by atoms with Gasteiger partial charge in [0.1, 0.15) is 0 Å². The number of nitrogens with zero attached hydrogens (tertiary/aromatic N) is 2. The van der Waals surface area contributed by atoms with Crippen molar-refractivity contribution >= 4 is 6.03 Å². The van der Waals surface area contributed by atoms with Crippen LogP contribution >= 0.6 is 0 Å². The Morgan fingerprint density at radius 3 is 2.61 bits per heavy atom. The Morgan fingerprint density at radius 1 is 1.26 bits per heavy atom. The Balaban J connectivity index is 1.78. The van der Waals surface area contributed by atoms with Crippen LogP contribution in [0.2, 0.25) is 0 Å². The molecule has 0 bridgehead atoms. The third-order valence-electron chi connectivity index (χ3n) is 3.67. The number of nitrogens with one attached hydrogen (secondary N) is 2. The first kappa shape index (κ1) is 17.0. The van der Waals surface area contributed by atoms with E-state index < -0.39 is 0 Å². The SMILES string of the molecule is CC(C)(CCO)CNC(=O)NCc1ccc(-n2cccn2)cc1. The van der Waals surface area contributed by atoms with Gasteiger partial charge in [0, 0.05) is 32.1 Å². The Bertz CT molecular complexity index is 606. The van der Waals surface area contributed by atoms with Gasteiger partial charge in [-0.15, -0.1) is 0 Å². The summed E-state index contributed by atoms with van der Waals surface area (Å²) in [6.45, 7) is 5.14. The number of benzene rings is 1. The number of carbonyl (C=O) groups excluding carboxylic acids is 1. The number of aliphatic hydroxyl groups is 1. The van der Waals surface area contributed by atoms with Gasteiger partial charge < -0.3 is 15.7 Å². The summed E-state index contributed by atoms with van der Waals surface area (Å²) in [5.41, 5.74) is 1.89. The first-order valence-electron chi connectivity index (χ1n) is 7.72. The number of urea groups is 1. The molecule has 1 heterocycles. The lowest BCUT2D eigenvalue weighted by Crippen LogP contribution is -2.40. The zero-order valence-electron chi connectivity index (χ0n) is 13.6. The summed E-state index contributed by atoms with van der Waals surface area (Å²) in [5.74, 6) is 0. The van der Waals surface area contributed by atoms with E-state index in [1.807, 2.05) is 50.4 Å². The standard InChI is InChI=1S/C17H24N4O2/c1-17(2,8-11-22)13-19-16(23)18-12-14-4-6-15(7-5-14)21-10-3-9-20-21/h3-7,9-10,22H,8,11-13H2,1-2H3,(H2,18,19,23). The van der Waals surface area contributed by atoms with Gasteiger partial charge in [-0.2, -0.15) is 5.10 Å². The summed E-state index contributed by atoms with van der Waals surface area (Å²) in [6.07, 6.45) is 4.27. The first-order chi connectivity index (χ1) is 11.0. The number of aromatic nitrogens is 2. The van der Waals surface area contributed by atoms with Gasteiger partial charge in [0.25, 0.3) is 0 Å². The number of aliphatic hydroxyl groups excluding tert-OH is 1. The summed E-state index contributed by atoms with van der Waals surface area (Å²) in [6, 6.07) is 9.53. The fourth-order valence-electron chi connectivity index (χ4n) is 2.14. The zero-order chi connectivity index (χ0) is 16.7. The van der Waals surface area contributed by atoms with Crippen LogP contribution in [0.3, 0.4) is 0 Å². The molecule has 124 valence electrons. The summed E-state index contributed by atoms with van der Waals surface area (Å²) in [4.78, 5) is 11.8. The van der Waals surface area contributed by atoms with Crippen molar-refractivity contribution in [1.29, 1.82) is 0 Å². The molecule has 0 aliphatic carbocycles. The molecule has 0 saturated carbocycles. The molecule has 1 aromatic heterocycles. The summed E-state index contributed by atoms with van der Waals surface area (Å²) >= 11 is 0. The fourth-order valence-corrected chi connectivity index (χ4v) is 2.14. The minimum atomic E-state index is -0.202. The summed E-state index contributed by atoms with van der Waals surface area (Å²) in [7, 11) is 0. The molecule has 0 fully saturated rings. The van der Waals surface area contributed by atoms with Gasteiger partial charge in [-0.25, -0.2) is 9.48 Å². The van der Waals surface area contributed by atoms with E-state index >= 15 is 0 Å². The smallest absolute Gasteiger partial charge is 0.315 e. The second kappa shape index (κ2) is 7.78. The third-order valence-corrected chi connectivity index (χ3v) is 3.67. The quantitative estimate of drug-likeness (QED) is 0.732. The van der Waals surface area contributed by atoms with Crippen LogP contribution in [0.5, 0.6) is 0 Å². The molecule has 0 radical (unpaired) electrons. The Hall–Kier alpha value is -2.34. The van der Waals surface area contributed by atoms with E-state index in [-0.39, 0.29) is 18.1 Å². The van der Waals surface area contributed by atoms with Gasteiger partial charge in [-0.1, -0.05) is 26.0 Å². The van der Waals surface area contributed by atoms with E-state index in [0.29, 0.717) is 19.5 Å². The molecular weight excluding hydrogens is 292 g/mol. The van der Waals surface area contributed by atoms with Crippen molar-refractivity contribution in [3.63, 3.8) is 0 Å². The van der Waals surface area contributed by atoms with E-state index in [0.717, 1.165) is 11.3 Å². The normalized spacial score (nSPS) is 11.3. The highest BCUT2D eigenvalue weighted by atomic mass is 16.3. The van der Waals surface area contributed by atoms with Crippen molar-refractivity contribution < 1.29 is 9.90 Å². The molecule has 2 amide bonds. The lowest BCUT2D eigenvalue weighted by Gasteiger charge is -2.23. The molecule has 0 saturated heterocycles. The summed E-state index contributed by atoms with van der Waals surface area (Å²) in [5, 5.41) is 18.8. The second-order valence-electron chi connectivity index (χ2n) is 6.29. The highest BCUT2D eigenvalue weighted by molar-refractivity contribution is 5.73. The molecule has 0 spiro atoms. The van der Waals surface area contributed by atoms with E-state index in [9.17, 15) is 4.79 Å². The molecule has 0 unspecified atom stereocenters. The Morgan fingerprint density at radius 2 is 2.00 bits per heavy atom. The molecule has 6 nitrogen and oxygen atoms in total. The number of carbonyl (C=O) groups is 1. The molecule has 6 heteroatoms. The van der Waals surface area contributed by atoms with Gasteiger partial charge >= 0.3 is 6.03 Å². The van der Waals surface area contributed by atoms with Crippen LogP contribution in [-0.2, 0) is 6.54 Å². The molecule has 0 atom stereocenters. The monoisotopic (exact) mass is 316 g/mol. The molecule has 0 aliphatic heterocycles. The average Bonchev–Trinajstić information content (AvgIpc) is 3.06. The molecule has 1 aromatic carbocycles. The molecule has 23 heavy (non-hydrogen) atoms. The minimum absolute atomic E-state index is 0.114. The highest BCUT2D eigenvalue weighted by Gasteiger charge is 2.17. The predicted molar refractivity (Wildman–Crippen MR) is 89.3 cm³/mol. The van der Waals surface area contributed by atoms with Crippen LogP contribution in [0.4, 0.5) is 4.79 Å². The number of amides is 2. The van der Waals surface area contributed by atoms with Gasteiger partial charge in [-0.3, -0.25) is 0 Å². The Labute approximate surface area is 136 Å². The minimum Gasteiger partial charge on any atom is -0.396 e. The topological polar surface area (TPSA) is 79.2 Å².